The smallest absolute Gasteiger partial charge is 0.303 e. The molecule has 19 heavy (non-hydrogen) atoms. The lowest BCUT2D eigenvalue weighted by molar-refractivity contribution is -0.178. The molecule has 2 N–H and O–H groups in total. The van der Waals surface area contributed by atoms with Crippen molar-refractivity contribution < 1.29 is 15.0 Å². The SMILES string of the molecule is CC1(C)CCC[C@@]2(C)[C@@H](CC(=O)O)[C@](C)(O)CC[C@@H]12. The molecular formula is C16H28O3. The van der Waals surface area contributed by atoms with E-state index in [4.69, 9.17) is 0 Å². The molecule has 0 radical (unpaired) electrons. The van der Waals surface area contributed by atoms with E-state index in [1.807, 2.05) is 6.92 Å². The molecule has 3 heteroatoms. The molecule has 0 saturated heterocycles. The van der Waals surface area contributed by atoms with E-state index in [1.54, 1.807) is 0 Å². The van der Waals surface area contributed by atoms with Gasteiger partial charge in [-0.15, -0.1) is 0 Å². The van der Waals surface area contributed by atoms with E-state index in [1.165, 1.54) is 6.42 Å². The molecule has 2 aliphatic carbocycles. The molecule has 0 aromatic heterocycles. The average Bonchev–Trinajstić information content (AvgIpc) is 2.22. The van der Waals surface area contributed by atoms with Crippen molar-refractivity contribution >= 4 is 5.97 Å². The fourth-order valence-corrected chi connectivity index (χ4v) is 5.25. The molecule has 0 aliphatic heterocycles. The summed E-state index contributed by atoms with van der Waals surface area (Å²) in [4.78, 5) is 11.2. The Hall–Kier alpha value is -0.570. The van der Waals surface area contributed by atoms with Crippen molar-refractivity contribution in [1.29, 1.82) is 0 Å². The van der Waals surface area contributed by atoms with Gasteiger partial charge in [-0.05, 0) is 49.4 Å². The predicted molar refractivity (Wildman–Crippen MR) is 74.8 cm³/mol. The number of fused-ring (bicyclic) bond motifs is 1. The van der Waals surface area contributed by atoms with Crippen molar-refractivity contribution in [3.8, 4) is 0 Å². The number of hydrogen-bond donors (Lipinski definition) is 2. The summed E-state index contributed by atoms with van der Waals surface area (Å²) < 4.78 is 0. The third-order valence-electron chi connectivity index (χ3n) is 6.14. The fraction of sp³-hybridized carbons (Fsp3) is 0.938. The molecule has 2 saturated carbocycles. The Kier molecular flexibility index (Phi) is 3.49. The van der Waals surface area contributed by atoms with E-state index in [0.29, 0.717) is 5.92 Å². The quantitative estimate of drug-likeness (QED) is 0.806. The summed E-state index contributed by atoms with van der Waals surface area (Å²) >= 11 is 0. The van der Waals surface area contributed by atoms with Crippen LogP contribution in [-0.2, 0) is 4.79 Å². The Bertz CT molecular complexity index is 372. The van der Waals surface area contributed by atoms with Crippen molar-refractivity contribution in [3.63, 3.8) is 0 Å². The molecule has 0 amide bonds. The highest BCUT2D eigenvalue weighted by Gasteiger charge is 2.58. The largest absolute Gasteiger partial charge is 0.481 e. The first-order chi connectivity index (χ1) is 8.59. The minimum absolute atomic E-state index is 0.0398. The van der Waals surface area contributed by atoms with Gasteiger partial charge in [-0.2, -0.15) is 0 Å². The third-order valence-corrected chi connectivity index (χ3v) is 6.14. The summed E-state index contributed by atoms with van der Waals surface area (Å²) in [7, 11) is 0. The summed E-state index contributed by atoms with van der Waals surface area (Å²) in [5.41, 5.74) is -0.612. The minimum Gasteiger partial charge on any atom is -0.481 e. The van der Waals surface area contributed by atoms with Gasteiger partial charge in [-0.1, -0.05) is 27.2 Å². The summed E-state index contributed by atoms with van der Waals surface area (Å²) in [6.07, 6.45) is 5.26. The van der Waals surface area contributed by atoms with Crippen molar-refractivity contribution in [2.45, 2.75) is 71.8 Å². The number of aliphatic carboxylic acids is 1. The Morgan fingerprint density at radius 3 is 2.37 bits per heavy atom. The number of carbonyl (C=O) groups is 1. The van der Waals surface area contributed by atoms with E-state index in [0.717, 1.165) is 25.7 Å². The molecule has 0 spiro atoms. The summed E-state index contributed by atoms with van der Waals surface area (Å²) in [5, 5.41) is 19.9. The van der Waals surface area contributed by atoms with Crippen LogP contribution in [-0.4, -0.2) is 21.8 Å². The van der Waals surface area contributed by atoms with Crippen LogP contribution in [0.4, 0.5) is 0 Å². The Morgan fingerprint density at radius 1 is 1.16 bits per heavy atom. The first kappa shape index (κ1) is 14.8. The van der Waals surface area contributed by atoms with Gasteiger partial charge in [-0.3, -0.25) is 4.79 Å². The summed E-state index contributed by atoms with van der Waals surface area (Å²) in [5.74, 6) is -0.385. The van der Waals surface area contributed by atoms with Gasteiger partial charge in [0.1, 0.15) is 0 Å². The van der Waals surface area contributed by atoms with Crippen LogP contribution >= 0.6 is 0 Å². The van der Waals surface area contributed by atoms with E-state index in [-0.39, 0.29) is 23.2 Å². The van der Waals surface area contributed by atoms with Crippen LogP contribution in [0.1, 0.15) is 66.2 Å². The minimum atomic E-state index is -0.836. The number of carboxylic acid groups (broad SMARTS) is 1. The molecular weight excluding hydrogens is 240 g/mol. The molecule has 0 heterocycles. The highest BCUT2D eigenvalue weighted by Crippen LogP contribution is 2.62. The second kappa shape index (κ2) is 4.47. The normalized spacial score (nSPS) is 45.5. The van der Waals surface area contributed by atoms with Crippen LogP contribution in [0.15, 0.2) is 0 Å². The number of hydrogen-bond acceptors (Lipinski definition) is 2. The molecule has 0 aromatic rings. The number of aliphatic hydroxyl groups is 1. The maximum absolute atomic E-state index is 11.2. The van der Waals surface area contributed by atoms with Gasteiger partial charge in [-0.25, -0.2) is 0 Å². The van der Waals surface area contributed by atoms with Crippen LogP contribution in [0.5, 0.6) is 0 Å². The van der Waals surface area contributed by atoms with Crippen molar-refractivity contribution in [2.75, 3.05) is 0 Å². The van der Waals surface area contributed by atoms with Crippen LogP contribution in [0.2, 0.25) is 0 Å². The second-order valence-corrected chi connectivity index (χ2v) is 7.95. The molecule has 2 rings (SSSR count). The van der Waals surface area contributed by atoms with Crippen LogP contribution in [0.3, 0.4) is 0 Å². The Balaban J connectivity index is 2.38. The van der Waals surface area contributed by atoms with Gasteiger partial charge in [0.15, 0.2) is 0 Å². The summed E-state index contributed by atoms with van der Waals surface area (Å²) in [6, 6.07) is 0. The summed E-state index contributed by atoms with van der Waals surface area (Å²) in [6.45, 7) is 8.68. The van der Waals surface area contributed by atoms with E-state index < -0.39 is 11.6 Å². The molecule has 2 aliphatic rings. The van der Waals surface area contributed by atoms with Crippen molar-refractivity contribution in [2.24, 2.45) is 22.7 Å². The Labute approximate surface area is 116 Å². The topological polar surface area (TPSA) is 57.5 Å². The Morgan fingerprint density at radius 2 is 1.79 bits per heavy atom. The lowest BCUT2D eigenvalue weighted by Crippen LogP contribution is -2.58. The molecule has 110 valence electrons. The van der Waals surface area contributed by atoms with E-state index in [2.05, 4.69) is 20.8 Å². The van der Waals surface area contributed by atoms with Crippen LogP contribution in [0, 0.1) is 22.7 Å². The lowest BCUT2D eigenvalue weighted by atomic mass is 9.45. The van der Waals surface area contributed by atoms with Gasteiger partial charge in [0.2, 0.25) is 0 Å². The van der Waals surface area contributed by atoms with Crippen LogP contribution < -0.4 is 0 Å². The molecule has 3 nitrogen and oxygen atoms in total. The zero-order chi connectivity index (χ0) is 14.5. The molecule has 4 atom stereocenters. The van der Waals surface area contributed by atoms with E-state index >= 15 is 0 Å². The van der Waals surface area contributed by atoms with Crippen molar-refractivity contribution in [1.82, 2.24) is 0 Å². The highest BCUT2D eigenvalue weighted by atomic mass is 16.4. The van der Waals surface area contributed by atoms with Gasteiger partial charge in [0.25, 0.3) is 0 Å². The monoisotopic (exact) mass is 268 g/mol. The predicted octanol–water partition coefficient (Wildman–Crippen LogP) is 3.45. The standard InChI is InChI=1S/C16H28O3/c1-14(2)7-5-8-15(3)11(14)6-9-16(4,19)12(15)10-13(17)18/h11-12,19H,5-10H2,1-4H3,(H,17,18)/t11-,12+,15+,16+/m0/s1. The third kappa shape index (κ3) is 2.42. The maximum Gasteiger partial charge on any atom is 0.303 e. The van der Waals surface area contributed by atoms with Crippen LogP contribution in [0.25, 0.3) is 0 Å². The number of rotatable bonds is 2. The molecule has 0 unspecified atom stereocenters. The van der Waals surface area contributed by atoms with Gasteiger partial charge >= 0.3 is 5.97 Å². The lowest BCUT2D eigenvalue weighted by Gasteiger charge is -2.61. The molecule has 2 fully saturated rings. The fourth-order valence-electron chi connectivity index (χ4n) is 5.25. The first-order valence-electron chi connectivity index (χ1n) is 7.54. The molecule has 0 bridgehead atoms. The zero-order valence-electron chi connectivity index (χ0n) is 12.7. The first-order valence-corrected chi connectivity index (χ1v) is 7.54. The van der Waals surface area contributed by atoms with E-state index in [9.17, 15) is 15.0 Å². The van der Waals surface area contributed by atoms with Gasteiger partial charge in [0.05, 0.1) is 12.0 Å². The second-order valence-electron chi connectivity index (χ2n) is 7.95. The zero-order valence-corrected chi connectivity index (χ0v) is 12.7. The average molecular weight is 268 g/mol. The van der Waals surface area contributed by atoms with Gasteiger partial charge in [0, 0.05) is 5.92 Å². The number of carboxylic acids is 1. The van der Waals surface area contributed by atoms with Gasteiger partial charge < -0.3 is 10.2 Å². The molecule has 0 aromatic carbocycles. The van der Waals surface area contributed by atoms with Crippen molar-refractivity contribution in [3.05, 3.63) is 0 Å². The maximum atomic E-state index is 11.2. The highest BCUT2D eigenvalue weighted by molar-refractivity contribution is 5.67.